The van der Waals surface area contributed by atoms with Crippen molar-refractivity contribution in [2.24, 2.45) is 0 Å². The van der Waals surface area contributed by atoms with Crippen LogP contribution in [0.2, 0.25) is 0 Å². The van der Waals surface area contributed by atoms with Crippen molar-refractivity contribution in [2.75, 3.05) is 12.3 Å². The molecule has 0 saturated heterocycles. The Labute approximate surface area is 103 Å². The van der Waals surface area contributed by atoms with Gasteiger partial charge in [-0.05, 0) is 26.0 Å². The fourth-order valence-electron chi connectivity index (χ4n) is 1.78. The van der Waals surface area contributed by atoms with E-state index in [1.54, 1.807) is 0 Å². The van der Waals surface area contributed by atoms with E-state index in [9.17, 15) is 8.78 Å². The first-order valence-electron chi connectivity index (χ1n) is 5.72. The van der Waals surface area contributed by atoms with Gasteiger partial charge in [0.15, 0.2) is 11.6 Å². The van der Waals surface area contributed by atoms with Crippen LogP contribution in [0.3, 0.4) is 0 Å². The number of rotatable bonds is 4. The zero-order valence-electron chi connectivity index (χ0n) is 10.3. The number of anilines is 1. The Morgan fingerprint density at radius 2 is 2.11 bits per heavy atom. The number of hydrogen-bond donors (Lipinski definition) is 1. The van der Waals surface area contributed by atoms with Crippen molar-refractivity contribution in [3.05, 3.63) is 23.8 Å². The second-order valence-electron chi connectivity index (χ2n) is 4.27. The molecule has 6 heteroatoms. The molecule has 1 heterocycles. The third-order valence-corrected chi connectivity index (χ3v) is 2.60. The van der Waals surface area contributed by atoms with E-state index in [1.165, 1.54) is 10.6 Å². The second-order valence-corrected chi connectivity index (χ2v) is 4.27. The van der Waals surface area contributed by atoms with Gasteiger partial charge in [0.1, 0.15) is 5.52 Å². The zero-order valence-corrected chi connectivity index (χ0v) is 10.3. The van der Waals surface area contributed by atoms with Crippen LogP contribution in [0.5, 0.6) is 0 Å². The lowest BCUT2D eigenvalue weighted by molar-refractivity contribution is 0.0735. The minimum Gasteiger partial charge on any atom is -0.377 e. The standard InChI is InChI=1S/C12H15F2N3O/c1-7(2)18-6-5-17-11-9(16-12(17)15)4-3-8(13)10(11)14/h3-4,7H,5-6H2,1-2H3,(H2,15,16). The third kappa shape index (κ3) is 2.28. The van der Waals surface area contributed by atoms with Crippen LogP contribution in [0.25, 0.3) is 11.0 Å². The summed E-state index contributed by atoms with van der Waals surface area (Å²) in [6.07, 6.45) is 0.0718. The van der Waals surface area contributed by atoms with E-state index in [-0.39, 0.29) is 17.6 Å². The molecule has 1 aromatic carbocycles. The summed E-state index contributed by atoms with van der Waals surface area (Å²) in [7, 11) is 0. The Balaban J connectivity index is 2.36. The van der Waals surface area contributed by atoms with E-state index in [1.807, 2.05) is 13.8 Å². The van der Waals surface area contributed by atoms with Crippen molar-refractivity contribution in [3.63, 3.8) is 0 Å². The number of nitrogen functional groups attached to an aromatic ring is 1. The molecule has 0 saturated carbocycles. The van der Waals surface area contributed by atoms with Crippen LogP contribution in [0.15, 0.2) is 12.1 Å². The van der Waals surface area contributed by atoms with Crippen molar-refractivity contribution in [1.29, 1.82) is 0 Å². The highest BCUT2D eigenvalue weighted by atomic mass is 19.2. The predicted octanol–water partition coefficient (Wildman–Crippen LogP) is 2.32. The Morgan fingerprint density at radius 1 is 1.39 bits per heavy atom. The average molecular weight is 255 g/mol. The number of ether oxygens (including phenoxy) is 1. The van der Waals surface area contributed by atoms with Crippen LogP contribution in [0, 0.1) is 11.6 Å². The highest BCUT2D eigenvalue weighted by Crippen LogP contribution is 2.22. The molecule has 1 aromatic heterocycles. The van der Waals surface area contributed by atoms with E-state index in [4.69, 9.17) is 10.5 Å². The highest BCUT2D eigenvalue weighted by Gasteiger charge is 2.15. The molecule has 2 N–H and O–H groups in total. The molecule has 0 aliphatic rings. The van der Waals surface area contributed by atoms with E-state index < -0.39 is 11.6 Å². The summed E-state index contributed by atoms with van der Waals surface area (Å²) in [5.41, 5.74) is 6.12. The molecule has 0 spiro atoms. The van der Waals surface area contributed by atoms with Crippen LogP contribution in [-0.4, -0.2) is 22.3 Å². The average Bonchev–Trinajstić information content (AvgIpc) is 2.61. The molecule has 98 valence electrons. The van der Waals surface area contributed by atoms with E-state index in [2.05, 4.69) is 4.98 Å². The van der Waals surface area contributed by atoms with Crippen molar-refractivity contribution in [3.8, 4) is 0 Å². The normalized spacial score (nSPS) is 11.6. The van der Waals surface area contributed by atoms with Crippen molar-refractivity contribution in [1.82, 2.24) is 9.55 Å². The molecule has 18 heavy (non-hydrogen) atoms. The molecule has 2 aromatic rings. The van der Waals surface area contributed by atoms with Crippen molar-refractivity contribution >= 4 is 17.0 Å². The minimum atomic E-state index is -0.929. The van der Waals surface area contributed by atoms with E-state index in [0.717, 1.165) is 6.07 Å². The molecule has 0 amide bonds. The quantitative estimate of drug-likeness (QED) is 0.912. The van der Waals surface area contributed by atoms with Gasteiger partial charge >= 0.3 is 0 Å². The maximum absolute atomic E-state index is 13.7. The summed E-state index contributed by atoms with van der Waals surface area (Å²) in [6, 6.07) is 2.45. The Bertz CT molecular complexity index is 566. The van der Waals surface area contributed by atoms with E-state index >= 15 is 0 Å². The summed E-state index contributed by atoms with van der Waals surface area (Å²) in [4.78, 5) is 3.99. The number of nitrogens with two attached hydrogens (primary N) is 1. The number of halogens is 2. The van der Waals surface area contributed by atoms with Gasteiger partial charge in [-0.15, -0.1) is 0 Å². The molecule has 2 rings (SSSR count). The smallest absolute Gasteiger partial charge is 0.201 e. The number of aromatic nitrogens is 2. The minimum absolute atomic E-state index is 0.0718. The van der Waals surface area contributed by atoms with Crippen LogP contribution in [-0.2, 0) is 11.3 Å². The van der Waals surface area contributed by atoms with E-state index in [0.29, 0.717) is 18.7 Å². The number of hydrogen-bond acceptors (Lipinski definition) is 3. The number of benzene rings is 1. The SMILES string of the molecule is CC(C)OCCn1c(N)nc2ccc(F)c(F)c21. The van der Waals surface area contributed by atoms with Gasteiger partial charge in [-0.25, -0.2) is 13.8 Å². The van der Waals surface area contributed by atoms with Gasteiger partial charge in [-0.1, -0.05) is 0 Å². The summed E-state index contributed by atoms with van der Waals surface area (Å²) >= 11 is 0. The molecule has 0 bridgehead atoms. The molecule has 4 nitrogen and oxygen atoms in total. The fourth-order valence-corrected chi connectivity index (χ4v) is 1.78. The molecular formula is C12H15F2N3O. The van der Waals surface area contributed by atoms with Gasteiger partial charge in [-0.2, -0.15) is 0 Å². The number of nitrogens with zero attached hydrogens (tertiary/aromatic N) is 2. The maximum Gasteiger partial charge on any atom is 0.201 e. The summed E-state index contributed by atoms with van der Waals surface area (Å²) < 4.78 is 33.7. The first-order chi connectivity index (χ1) is 8.50. The van der Waals surface area contributed by atoms with Crippen molar-refractivity contribution < 1.29 is 13.5 Å². The first-order valence-corrected chi connectivity index (χ1v) is 5.72. The Morgan fingerprint density at radius 3 is 2.78 bits per heavy atom. The topological polar surface area (TPSA) is 53.1 Å². The van der Waals surface area contributed by atoms with Crippen LogP contribution in [0.1, 0.15) is 13.8 Å². The van der Waals surface area contributed by atoms with Gasteiger partial charge in [0.2, 0.25) is 5.95 Å². The monoisotopic (exact) mass is 255 g/mol. The first kappa shape index (κ1) is 12.8. The van der Waals surface area contributed by atoms with Gasteiger partial charge in [0, 0.05) is 6.54 Å². The lowest BCUT2D eigenvalue weighted by Gasteiger charge is -2.10. The molecule has 0 aliphatic heterocycles. The van der Waals surface area contributed by atoms with Gasteiger partial charge < -0.3 is 15.0 Å². The molecular weight excluding hydrogens is 240 g/mol. The van der Waals surface area contributed by atoms with Crippen molar-refractivity contribution in [2.45, 2.75) is 26.5 Å². The molecule has 0 unspecified atom stereocenters. The van der Waals surface area contributed by atoms with Gasteiger partial charge in [-0.3, -0.25) is 0 Å². The number of imidazole rings is 1. The summed E-state index contributed by atoms with van der Waals surface area (Å²) in [5.74, 6) is -1.68. The molecule has 0 aliphatic carbocycles. The summed E-state index contributed by atoms with van der Waals surface area (Å²) in [5, 5.41) is 0. The number of fused-ring (bicyclic) bond motifs is 1. The predicted molar refractivity (Wildman–Crippen MR) is 65.1 cm³/mol. The van der Waals surface area contributed by atoms with Gasteiger partial charge in [0.25, 0.3) is 0 Å². The fraction of sp³-hybridized carbons (Fsp3) is 0.417. The second kappa shape index (κ2) is 4.89. The molecule has 0 atom stereocenters. The highest BCUT2D eigenvalue weighted by molar-refractivity contribution is 5.79. The van der Waals surface area contributed by atoms with Crippen LogP contribution < -0.4 is 5.73 Å². The zero-order chi connectivity index (χ0) is 13.3. The van der Waals surface area contributed by atoms with Gasteiger partial charge in [0.05, 0.1) is 18.2 Å². The van der Waals surface area contributed by atoms with Crippen LogP contribution in [0.4, 0.5) is 14.7 Å². The molecule has 0 fully saturated rings. The summed E-state index contributed by atoms with van der Waals surface area (Å²) in [6.45, 7) is 4.50. The Kier molecular flexibility index (Phi) is 3.47. The lowest BCUT2D eigenvalue weighted by Crippen LogP contribution is -2.12. The Hall–Kier alpha value is -1.69. The molecule has 0 radical (unpaired) electrons. The largest absolute Gasteiger partial charge is 0.377 e. The third-order valence-electron chi connectivity index (χ3n) is 2.60. The maximum atomic E-state index is 13.7. The lowest BCUT2D eigenvalue weighted by atomic mass is 10.3. The van der Waals surface area contributed by atoms with Crippen LogP contribution >= 0.6 is 0 Å².